The molecule has 7 heteroatoms. The third kappa shape index (κ3) is 6.72. The first-order chi connectivity index (χ1) is 9.15. The summed E-state index contributed by atoms with van der Waals surface area (Å²) in [7, 11) is 1.78. The Morgan fingerprint density at radius 3 is 2.50 bits per heavy atom. The molecule has 20 heavy (non-hydrogen) atoms. The van der Waals surface area contributed by atoms with E-state index in [9.17, 15) is 9.59 Å². The van der Waals surface area contributed by atoms with Crippen LogP contribution >= 0.6 is 15.9 Å². The van der Waals surface area contributed by atoms with Gasteiger partial charge < -0.3 is 9.73 Å². The number of rotatable bonds is 4. The molecule has 1 heterocycles. The molecule has 0 atom stereocenters. The van der Waals surface area contributed by atoms with Crippen molar-refractivity contribution in [3.63, 3.8) is 0 Å². The van der Waals surface area contributed by atoms with Gasteiger partial charge in [0.15, 0.2) is 4.67 Å². The topological polar surface area (TPSA) is 74.6 Å². The van der Waals surface area contributed by atoms with Crippen LogP contribution in [0.3, 0.4) is 0 Å². The molecule has 0 aromatic carbocycles. The summed E-state index contributed by atoms with van der Waals surface area (Å²) in [6, 6.07) is 3.13. The predicted molar refractivity (Wildman–Crippen MR) is 79.2 cm³/mol. The maximum atomic E-state index is 11.7. The van der Waals surface area contributed by atoms with E-state index in [2.05, 4.69) is 26.6 Å². The van der Waals surface area contributed by atoms with Gasteiger partial charge in [0.05, 0.1) is 13.1 Å². The van der Waals surface area contributed by atoms with Gasteiger partial charge >= 0.3 is 6.03 Å². The van der Waals surface area contributed by atoms with Crippen LogP contribution in [-0.2, 0) is 11.3 Å². The van der Waals surface area contributed by atoms with Crippen LogP contribution in [0.4, 0.5) is 4.79 Å². The second-order valence-corrected chi connectivity index (χ2v) is 6.41. The summed E-state index contributed by atoms with van der Waals surface area (Å²) >= 11 is 3.22. The molecule has 0 aliphatic carbocycles. The molecular weight excluding hydrogens is 326 g/mol. The van der Waals surface area contributed by atoms with E-state index < -0.39 is 6.03 Å². The van der Waals surface area contributed by atoms with Crippen LogP contribution in [-0.4, -0.2) is 36.0 Å². The zero-order valence-electron chi connectivity index (χ0n) is 12.1. The van der Waals surface area contributed by atoms with Gasteiger partial charge in [0.25, 0.3) is 0 Å². The van der Waals surface area contributed by atoms with Crippen molar-refractivity contribution in [1.82, 2.24) is 15.5 Å². The third-order valence-corrected chi connectivity index (χ3v) is 2.64. The maximum Gasteiger partial charge on any atom is 0.321 e. The van der Waals surface area contributed by atoms with Gasteiger partial charge in [0.1, 0.15) is 5.76 Å². The van der Waals surface area contributed by atoms with Gasteiger partial charge in [-0.1, -0.05) is 0 Å². The van der Waals surface area contributed by atoms with Crippen molar-refractivity contribution in [2.45, 2.75) is 32.9 Å². The van der Waals surface area contributed by atoms with E-state index in [0.717, 1.165) is 5.76 Å². The van der Waals surface area contributed by atoms with Gasteiger partial charge in [-0.15, -0.1) is 0 Å². The highest BCUT2D eigenvalue weighted by Gasteiger charge is 2.16. The van der Waals surface area contributed by atoms with Crippen LogP contribution in [0.25, 0.3) is 0 Å². The zero-order valence-corrected chi connectivity index (χ0v) is 13.7. The molecule has 1 rings (SSSR count). The Morgan fingerprint density at radius 1 is 1.35 bits per heavy atom. The van der Waals surface area contributed by atoms with Crippen molar-refractivity contribution in [1.29, 1.82) is 0 Å². The highest BCUT2D eigenvalue weighted by molar-refractivity contribution is 9.10. The first-order valence-electron chi connectivity index (χ1n) is 6.20. The molecule has 2 N–H and O–H groups in total. The van der Waals surface area contributed by atoms with Gasteiger partial charge in [-0.25, -0.2) is 4.79 Å². The van der Waals surface area contributed by atoms with E-state index in [0.29, 0.717) is 11.2 Å². The Hall–Kier alpha value is -1.34. The van der Waals surface area contributed by atoms with Gasteiger partial charge in [-0.05, 0) is 55.9 Å². The summed E-state index contributed by atoms with van der Waals surface area (Å²) in [6.07, 6.45) is 0. The summed E-state index contributed by atoms with van der Waals surface area (Å²) < 4.78 is 5.99. The normalized spacial score (nSPS) is 11.5. The predicted octanol–water partition coefficient (Wildman–Crippen LogP) is 2.10. The molecule has 112 valence electrons. The average molecular weight is 346 g/mol. The molecule has 1 aromatic heterocycles. The Balaban J connectivity index is 2.36. The summed E-state index contributed by atoms with van der Waals surface area (Å²) in [5.74, 6) is 0.381. The lowest BCUT2D eigenvalue weighted by Gasteiger charge is -2.21. The molecule has 0 radical (unpaired) electrons. The Morgan fingerprint density at radius 2 is 2.00 bits per heavy atom. The highest BCUT2D eigenvalue weighted by Crippen LogP contribution is 2.14. The van der Waals surface area contributed by atoms with Crippen LogP contribution in [0.1, 0.15) is 26.5 Å². The molecule has 0 aliphatic heterocycles. The summed E-state index contributed by atoms with van der Waals surface area (Å²) in [5, 5.41) is 4.95. The van der Waals surface area contributed by atoms with Crippen molar-refractivity contribution in [2.75, 3.05) is 13.6 Å². The largest absolute Gasteiger partial charge is 0.453 e. The average Bonchev–Trinajstić information content (AvgIpc) is 2.59. The fourth-order valence-electron chi connectivity index (χ4n) is 1.54. The fourth-order valence-corrected chi connectivity index (χ4v) is 1.88. The Labute approximate surface area is 127 Å². The molecule has 0 saturated heterocycles. The second-order valence-electron chi connectivity index (χ2n) is 5.63. The zero-order chi connectivity index (χ0) is 15.3. The Bertz CT molecular complexity index is 479. The first kappa shape index (κ1) is 16.7. The molecule has 0 unspecified atom stereocenters. The van der Waals surface area contributed by atoms with Crippen molar-refractivity contribution in [3.8, 4) is 0 Å². The van der Waals surface area contributed by atoms with E-state index in [1.54, 1.807) is 18.0 Å². The lowest BCUT2D eigenvalue weighted by Crippen LogP contribution is -2.50. The van der Waals surface area contributed by atoms with E-state index in [4.69, 9.17) is 4.42 Å². The summed E-state index contributed by atoms with van der Waals surface area (Å²) in [5.41, 5.74) is -0.378. The van der Waals surface area contributed by atoms with Crippen LogP contribution in [0, 0.1) is 0 Å². The minimum Gasteiger partial charge on any atom is -0.453 e. The monoisotopic (exact) mass is 345 g/mol. The van der Waals surface area contributed by atoms with Crippen LogP contribution < -0.4 is 10.6 Å². The Kier molecular flexibility index (Phi) is 5.76. The number of carbonyl (C=O) groups is 2. The summed E-state index contributed by atoms with van der Waals surface area (Å²) in [6.45, 7) is 6.13. The molecule has 0 bridgehead atoms. The summed E-state index contributed by atoms with van der Waals surface area (Å²) in [4.78, 5) is 25.0. The van der Waals surface area contributed by atoms with E-state index >= 15 is 0 Å². The molecule has 0 aliphatic rings. The maximum absolute atomic E-state index is 11.7. The van der Waals surface area contributed by atoms with Crippen LogP contribution in [0.5, 0.6) is 0 Å². The number of carbonyl (C=O) groups excluding carboxylic acids is 2. The first-order valence-corrected chi connectivity index (χ1v) is 7.00. The third-order valence-electron chi connectivity index (χ3n) is 2.21. The number of hydrogen-bond acceptors (Lipinski definition) is 4. The number of urea groups is 1. The molecule has 0 fully saturated rings. The second kappa shape index (κ2) is 6.90. The van der Waals surface area contributed by atoms with Gasteiger partial charge in [0, 0.05) is 5.54 Å². The van der Waals surface area contributed by atoms with E-state index in [-0.39, 0.29) is 18.0 Å². The van der Waals surface area contributed by atoms with Crippen molar-refractivity contribution < 1.29 is 14.0 Å². The van der Waals surface area contributed by atoms with Crippen LogP contribution in [0.2, 0.25) is 0 Å². The van der Waals surface area contributed by atoms with Crippen LogP contribution in [0.15, 0.2) is 21.2 Å². The number of nitrogens with one attached hydrogen (secondary N) is 2. The number of halogens is 1. The number of hydrogen-bond donors (Lipinski definition) is 2. The van der Waals surface area contributed by atoms with Gasteiger partial charge in [-0.2, -0.15) is 0 Å². The minimum absolute atomic E-state index is 0.107. The number of imide groups is 1. The van der Waals surface area contributed by atoms with E-state index in [1.165, 1.54) is 0 Å². The number of nitrogens with zero attached hydrogens (tertiary/aromatic N) is 1. The fraction of sp³-hybridized carbons (Fsp3) is 0.538. The highest BCUT2D eigenvalue weighted by atomic mass is 79.9. The quantitative estimate of drug-likeness (QED) is 0.876. The molecule has 0 saturated carbocycles. The number of likely N-dealkylation sites (N-methyl/N-ethyl adjacent to an activating group) is 1. The van der Waals surface area contributed by atoms with E-state index in [1.807, 2.05) is 26.8 Å². The number of furan rings is 1. The number of amides is 3. The minimum atomic E-state index is -0.489. The lowest BCUT2D eigenvalue weighted by molar-refractivity contribution is -0.121. The molecular formula is C13H20BrN3O3. The molecule has 3 amide bonds. The van der Waals surface area contributed by atoms with Crippen molar-refractivity contribution >= 4 is 27.9 Å². The molecule has 6 nitrogen and oxygen atoms in total. The van der Waals surface area contributed by atoms with Gasteiger partial charge in [-0.3, -0.25) is 15.0 Å². The molecule has 0 spiro atoms. The van der Waals surface area contributed by atoms with Gasteiger partial charge in [0.2, 0.25) is 5.91 Å². The standard InChI is InChI=1S/C13H20BrN3O3/c1-13(2,3)16-12(19)15-11(18)8-17(4)7-9-5-6-10(14)20-9/h5-6H,7-8H2,1-4H3,(H2,15,16,18,19). The smallest absolute Gasteiger partial charge is 0.321 e. The SMILES string of the molecule is CN(CC(=O)NC(=O)NC(C)(C)C)Cc1ccc(Br)o1. The van der Waals surface area contributed by atoms with Crippen molar-refractivity contribution in [3.05, 3.63) is 22.6 Å². The van der Waals surface area contributed by atoms with Crippen molar-refractivity contribution in [2.24, 2.45) is 0 Å². The lowest BCUT2D eigenvalue weighted by atomic mass is 10.1. The molecule has 1 aromatic rings.